The van der Waals surface area contributed by atoms with Crippen LogP contribution in [0.25, 0.3) is 0 Å². The number of allylic oxidation sites excluding steroid dienone is 1. The molecule has 7 nitrogen and oxygen atoms in total. The van der Waals surface area contributed by atoms with Crippen molar-refractivity contribution >= 4 is 5.78 Å². The Morgan fingerprint density at radius 3 is 2.44 bits per heavy atom. The van der Waals surface area contributed by atoms with Crippen molar-refractivity contribution in [2.75, 3.05) is 6.61 Å². The van der Waals surface area contributed by atoms with Crippen LogP contribution in [0.15, 0.2) is 42.5 Å². The number of rotatable bonds is 11. The van der Waals surface area contributed by atoms with Crippen LogP contribution in [0.3, 0.4) is 0 Å². The second-order valence-corrected chi connectivity index (χ2v) is 11.6. The number of carbonyl (C=O) groups excluding carboxylic acids is 1. The predicted molar refractivity (Wildman–Crippen MR) is 129 cm³/mol. The Morgan fingerprint density at radius 2 is 1.82 bits per heavy atom. The van der Waals surface area contributed by atoms with E-state index < -0.39 is 42.5 Å². The van der Waals surface area contributed by atoms with Gasteiger partial charge in [0, 0.05) is 0 Å². The van der Waals surface area contributed by atoms with E-state index in [4.69, 9.17) is 10.5 Å². The van der Waals surface area contributed by atoms with Gasteiger partial charge < -0.3 is 30.9 Å². The number of carbonyl (C=O) groups is 1. The molecule has 1 saturated carbocycles. The van der Waals surface area contributed by atoms with E-state index in [9.17, 15) is 25.2 Å². The summed E-state index contributed by atoms with van der Waals surface area (Å²) in [6, 6.07) is 8.67. The van der Waals surface area contributed by atoms with Gasteiger partial charge in [-0.2, -0.15) is 0 Å². The van der Waals surface area contributed by atoms with Crippen molar-refractivity contribution in [1.82, 2.24) is 0 Å². The molecule has 1 aliphatic heterocycles. The third-order valence-corrected chi connectivity index (χ3v) is 7.52. The number of nitrogens with two attached hydrogens (primary N) is 1. The average Bonchev–Trinajstić information content (AvgIpc) is 2.90. The molecule has 34 heavy (non-hydrogen) atoms. The number of ether oxygens (including phenoxy) is 1. The van der Waals surface area contributed by atoms with Gasteiger partial charge in [-0.15, -0.1) is 0 Å². The van der Waals surface area contributed by atoms with E-state index in [1.807, 2.05) is 36.4 Å². The quantitative estimate of drug-likeness (QED) is 0.311. The summed E-state index contributed by atoms with van der Waals surface area (Å²) in [5.74, 6) is -3.23. The van der Waals surface area contributed by atoms with Crippen molar-refractivity contribution < 1.29 is 30.0 Å². The smallest absolute Gasteiger partial charge is 0.181 e. The van der Waals surface area contributed by atoms with Crippen LogP contribution in [-0.4, -0.2) is 56.9 Å². The van der Waals surface area contributed by atoms with Crippen molar-refractivity contribution in [3.05, 3.63) is 48.0 Å². The van der Waals surface area contributed by atoms with Crippen molar-refractivity contribution in [3.63, 3.8) is 0 Å². The monoisotopic (exact) mass is 475 g/mol. The third kappa shape index (κ3) is 5.61. The molecule has 190 valence electrons. The molecular formula is C27H41NO6. The van der Waals surface area contributed by atoms with Gasteiger partial charge in [-0.1, -0.05) is 70.5 Å². The zero-order valence-corrected chi connectivity index (χ0v) is 20.7. The van der Waals surface area contributed by atoms with E-state index in [0.29, 0.717) is 6.42 Å². The largest absolute Gasteiger partial charge is 0.396 e. The fourth-order valence-corrected chi connectivity index (χ4v) is 5.96. The van der Waals surface area contributed by atoms with Crippen LogP contribution in [0.4, 0.5) is 0 Å². The maximum Gasteiger partial charge on any atom is 0.181 e. The first-order chi connectivity index (χ1) is 15.8. The first-order valence-corrected chi connectivity index (χ1v) is 12.2. The molecule has 7 unspecified atom stereocenters. The van der Waals surface area contributed by atoms with Crippen LogP contribution in [0.5, 0.6) is 0 Å². The highest BCUT2D eigenvalue weighted by Gasteiger charge is 2.69. The molecule has 2 aliphatic rings. The lowest BCUT2D eigenvalue weighted by atomic mass is 9.71. The Bertz CT molecular complexity index is 869. The third-order valence-electron chi connectivity index (χ3n) is 7.52. The minimum Gasteiger partial charge on any atom is -0.396 e. The van der Waals surface area contributed by atoms with Gasteiger partial charge >= 0.3 is 0 Å². The molecule has 1 aromatic carbocycles. The molecule has 7 heteroatoms. The first-order valence-electron chi connectivity index (χ1n) is 12.2. The van der Waals surface area contributed by atoms with Crippen LogP contribution >= 0.6 is 0 Å². The molecule has 1 aromatic rings. The number of benzene rings is 1. The summed E-state index contributed by atoms with van der Waals surface area (Å²) in [7, 11) is 0. The highest BCUT2D eigenvalue weighted by Crippen LogP contribution is 2.54. The molecule has 7 atom stereocenters. The summed E-state index contributed by atoms with van der Waals surface area (Å²) in [6.07, 6.45) is 4.15. The van der Waals surface area contributed by atoms with Gasteiger partial charge in [-0.3, -0.25) is 4.79 Å². The van der Waals surface area contributed by atoms with Crippen LogP contribution in [0.2, 0.25) is 0 Å². The number of aliphatic hydroxyl groups excluding tert-OH is 3. The van der Waals surface area contributed by atoms with Crippen molar-refractivity contribution in [3.8, 4) is 0 Å². The zero-order valence-electron chi connectivity index (χ0n) is 20.7. The Labute approximate surface area is 202 Å². The van der Waals surface area contributed by atoms with Gasteiger partial charge in [0.1, 0.15) is 0 Å². The molecular weight excluding hydrogens is 434 g/mol. The lowest BCUT2D eigenvalue weighted by molar-refractivity contribution is -0.381. The lowest BCUT2D eigenvalue weighted by Gasteiger charge is -2.50. The van der Waals surface area contributed by atoms with Crippen LogP contribution in [-0.2, 0) is 9.53 Å². The Balaban J connectivity index is 1.49. The van der Waals surface area contributed by atoms with E-state index in [1.165, 1.54) is 0 Å². The topological polar surface area (TPSA) is 133 Å². The summed E-state index contributed by atoms with van der Waals surface area (Å²) < 4.78 is 5.65. The Hall–Kier alpha value is -1.61. The fourth-order valence-electron chi connectivity index (χ4n) is 5.96. The van der Waals surface area contributed by atoms with E-state index in [2.05, 4.69) is 27.7 Å². The highest BCUT2D eigenvalue weighted by atomic mass is 16.7. The average molecular weight is 476 g/mol. The number of hydrogen-bond acceptors (Lipinski definition) is 7. The summed E-state index contributed by atoms with van der Waals surface area (Å²) >= 11 is 0. The molecule has 0 spiro atoms. The summed E-state index contributed by atoms with van der Waals surface area (Å²) in [5.41, 5.74) is 6.69. The van der Waals surface area contributed by atoms with E-state index >= 15 is 0 Å². The lowest BCUT2D eigenvalue weighted by Crippen LogP contribution is -2.62. The van der Waals surface area contributed by atoms with E-state index in [0.717, 1.165) is 24.8 Å². The summed E-state index contributed by atoms with van der Waals surface area (Å²) in [6.45, 7) is 8.15. The van der Waals surface area contributed by atoms with Gasteiger partial charge in [0.05, 0.1) is 42.8 Å². The number of fused-ring (bicyclic) bond motifs is 1. The minimum atomic E-state index is -1.65. The number of hydrogen-bond donors (Lipinski definition) is 5. The van der Waals surface area contributed by atoms with Crippen molar-refractivity contribution in [1.29, 1.82) is 0 Å². The molecule has 1 heterocycles. The maximum absolute atomic E-state index is 12.6. The molecule has 0 radical (unpaired) electrons. The number of ketones is 1. The molecule has 3 rings (SSSR count). The van der Waals surface area contributed by atoms with Gasteiger partial charge in [0.2, 0.25) is 0 Å². The van der Waals surface area contributed by atoms with Crippen LogP contribution in [0.1, 0.15) is 65.0 Å². The van der Waals surface area contributed by atoms with Crippen molar-refractivity contribution in [2.24, 2.45) is 28.4 Å². The van der Waals surface area contributed by atoms with E-state index in [-0.39, 0.29) is 22.7 Å². The highest BCUT2D eigenvalue weighted by molar-refractivity contribution is 5.94. The Morgan fingerprint density at radius 1 is 1.18 bits per heavy atom. The summed E-state index contributed by atoms with van der Waals surface area (Å²) in [5, 5.41) is 40.5. The molecule has 1 saturated heterocycles. The fraction of sp³-hybridized carbons (Fsp3) is 0.667. The second-order valence-electron chi connectivity index (χ2n) is 11.6. The molecule has 0 bridgehead atoms. The second kappa shape index (κ2) is 10.2. The molecule has 0 amide bonds. The zero-order chi connectivity index (χ0) is 25.3. The standard InChI is InChI=1S/C27H41NO6/c1-25(2,13-8-11-20-21-24(32)23(31)18(15-29)27(21,33)34-20)16-26(3,4)14-12-19(30)22(28)17-9-6-5-7-10-17/h5-7,9-10,12,14,18,20-24,29,31-33H,8,11,13,15-16,28H2,1-4H3. The van der Waals surface area contributed by atoms with Gasteiger partial charge in [-0.05, 0) is 41.7 Å². The van der Waals surface area contributed by atoms with Gasteiger partial charge in [0.15, 0.2) is 11.6 Å². The molecule has 6 N–H and O–H groups in total. The molecule has 2 fully saturated rings. The van der Waals surface area contributed by atoms with Gasteiger partial charge in [-0.25, -0.2) is 0 Å². The molecule has 0 aromatic heterocycles. The first kappa shape index (κ1) is 27.0. The summed E-state index contributed by atoms with van der Waals surface area (Å²) in [4.78, 5) is 12.6. The van der Waals surface area contributed by atoms with Crippen LogP contribution < -0.4 is 5.73 Å². The number of aliphatic hydroxyl groups is 4. The SMILES string of the molecule is CC(C)(C=CC(=O)C(N)c1ccccc1)CC(C)(C)CCCC1OC2(O)C(CO)C(O)C(O)C12. The maximum atomic E-state index is 12.6. The predicted octanol–water partition coefficient (Wildman–Crippen LogP) is 2.47. The molecule has 1 aliphatic carbocycles. The van der Waals surface area contributed by atoms with Crippen LogP contribution in [0, 0.1) is 22.7 Å². The Kier molecular flexibility index (Phi) is 8.07. The van der Waals surface area contributed by atoms with Gasteiger partial charge in [0.25, 0.3) is 0 Å². The van der Waals surface area contributed by atoms with E-state index in [1.54, 1.807) is 6.08 Å². The minimum absolute atomic E-state index is 0.0140. The normalized spacial score (nSPS) is 32.4. The van der Waals surface area contributed by atoms with Crippen molar-refractivity contribution in [2.45, 2.75) is 83.5 Å².